The zero-order valence-corrected chi connectivity index (χ0v) is 16.4. The molecule has 2 aromatic rings. The molecule has 0 unspecified atom stereocenters. The summed E-state index contributed by atoms with van der Waals surface area (Å²) in [4.78, 5) is 24.2. The number of aryl methyl sites for hydroxylation is 1. The van der Waals surface area contributed by atoms with Gasteiger partial charge in [0.1, 0.15) is 5.75 Å². The van der Waals surface area contributed by atoms with E-state index in [1.54, 1.807) is 25.1 Å². The molecular weight excluding hydrogens is 426 g/mol. The molecule has 2 aromatic carbocycles. The number of primary sulfonamides is 1. The van der Waals surface area contributed by atoms with Gasteiger partial charge < -0.3 is 9.47 Å². The highest BCUT2D eigenvalue weighted by atomic mass is 79.9. The van der Waals surface area contributed by atoms with E-state index in [1.807, 2.05) is 0 Å². The van der Waals surface area contributed by atoms with Gasteiger partial charge in [-0.15, -0.1) is 0 Å². The minimum atomic E-state index is -3.95. The number of ketones is 1. The molecule has 0 saturated carbocycles. The van der Waals surface area contributed by atoms with E-state index in [-0.39, 0.29) is 10.5 Å². The third-order valence-electron chi connectivity index (χ3n) is 3.57. The van der Waals surface area contributed by atoms with Crippen LogP contribution < -0.4 is 9.88 Å². The highest BCUT2D eigenvalue weighted by Gasteiger charge is 2.18. The van der Waals surface area contributed by atoms with Crippen LogP contribution in [0.1, 0.15) is 26.3 Å². The smallest absolute Gasteiger partial charge is 0.338 e. The number of hydrogen-bond acceptors (Lipinski definition) is 6. The van der Waals surface area contributed by atoms with E-state index in [2.05, 4.69) is 15.9 Å². The molecule has 138 valence electrons. The quantitative estimate of drug-likeness (QED) is 0.543. The molecule has 0 atom stereocenters. The summed E-state index contributed by atoms with van der Waals surface area (Å²) in [6.07, 6.45) is 0. The van der Waals surface area contributed by atoms with Gasteiger partial charge >= 0.3 is 5.97 Å². The first-order valence-electron chi connectivity index (χ1n) is 7.31. The van der Waals surface area contributed by atoms with E-state index in [1.165, 1.54) is 19.2 Å². The molecule has 0 bridgehead atoms. The Morgan fingerprint density at radius 3 is 2.42 bits per heavy atom. The normalized spacial score (nSPS) is 11.1. The molecule has 0 aliphatic rings. The molecule has 7 nitrogen and oxygen atoms in total. The second-order valence-electron chi connectivity index (χ2n) is 5.37. The Balaban J connectivity index is 2.13. The van der Waals surface area contributed by atoms with Gasteiger partial charge in [0.05, 0.1) is 22.0 Å². The zero-order chi connectivity index (χ0) is 19.5. The first kappa shape index (κ1) is 20.1. The minimum absolute atomic E-state index is 0.0280. The Kier molecular flexibility index (Phi) is 6.17. The predicted octanol–water partition coefficient (Wildman–Crippen LogP) is 2.45. The first-order valence-corrected chi connectivity index (χ1v) is 9.64. The van der Waals surface area contributed by atoms with Crippen LogP contribution in [0.5, 0.6) is 5.75 Å². The average molecular weight is 442 g/mol. The zero-order valence-electron chi connectivity index (χ0n) is 14.0. The number of rotatable bonds is 6. The summed E-state index contributed by atoms with van der Waals surface area (Å²) in [5.41, 5.74) is 0.864. The van der Waals surface area contributed by atoms with Gasteiger partial charge in [-0.25, -0.2) is 18.4 Å². The molecule has 0 aliphatic heterocycles. The SMILES string of the molecule is COc1ccc(C(=O)COC(=O)c2cc(S(N)(=O)=O)ccc2C)cc1Br. The monoisotopic (exact) mass is 441 g/mol. The minimum Gasteiger partial charge on any atom is -0.496 e. The lowest BCUT2D eigenvalue weighted by Crippen LogP contribution is -2.17. The molecule has 0 fully saturated rings. The molecule has 2 N–H and O–H groups in total. The summed E-state index contributed by atoms with van der Waals surface area (Å²) in [6, 6.07) is 8.58. The Morgan fingerprint density at radius 2 is 1.85 bits per heavy atom. The highest BCUT2D eigenvalue weighted by Crippen LogP contribution is 2.25. The molecule has 2 rings (SSSR count). The van der Waals surface area contributed by atoms with E-state index in [4.69, 9.17) is 14.6 Å². The van der Waals surface area contributed by atoms with Crippen LogP contribution in [0.2, 0.25) is 0 Å². The standard InChI is InChI=1S/C17H16BrNO6S/c1-10-3-5-12(26(19,22)23)8-13(10)17(21)25-9-15(20)11-4-6-16(24-2)14(18)7-11/h3-8H,9H2,1-2H3,(H2,19,22,23). The summed E-state index contributed by atoms with van der Waals surface area (Å²) in [6.45, 7) is 1.13. The van der Waals surface area contributed by atoms with Gasteiger partial charge in [0.2, 0.25) is 10.0 Å². The van der Waals surface area contributed by atoms with Crippen molar-refractivity contribution >= 4 is 37.7 Å². The van der Waals surface area contributed by atoms with Gasteiger partial charge in [0.15, 0.2) is 12.4 Å². The van der Waals surface area contributed by atoms with Gasteiger partial charge in [-0.3, -0.25) is 4.79 Å². The lowest BCUT2D eigenvalue weighted by Gasteiger charge is -2.09. The summed E-state index contributed by atoms with van der Waals surface area (Å²) in [7, 11) is -2.45. The molecule has 0 spiro atoms. The van der Waals surface area contributed by atoms with E-state index < -0.39 is 28.4 Å². The van der Waals surface area contributed by atoms with Crippen LogP contribution in [0.3, 0.4) is 0 Å². The second-order valence-corrected chi connectivity index (χ2v) is 7.79. The maximum Gasteiger partial charge on any atom is 0.338 e. The largest absolute Gasteiger partial charge is 0.496 e. The lowest BCUT2D eigenvalue weighted by molar-refractivity contribution is 0.0473. The Labute approximate surface area is 159 Å². The fourth-order valence-corrected chi connectivity index (χ4v) is 3.21. The van der Waals surface area contributed by atoms with E-state index in [9.17, 15) is 18.0 Å². The second kappa shape index (κ2) is 7.98. The van der Waals surface area contributed by atoms with Crippen molar-refractivity contribution in [1.82, 2.24) is 0 Å². The topological polar surface area (TPSA) is 113 Å². The van der Waals surface area contributed by atoms with E-state index in [0.29, 0.717) is 21.3 Å². The van der Waals surface area contributed by atoms with Crippen LogP contribution in [0.4, 0.5) is 0 Å². The molecule has 0 saturated heterocycles. The number of nitrogens with two attached hydrogens (primary N) is 1. The maximum atomic E-state index is 12.2. The Bertz CT molecular complexity index is 971. The van der Waals surface area contributed by atoms with Crippen molar-refractivity contribution in [3.05, 3.63) is 57.6 Å². The van der Waals surface area contributed by atoms with Crippen molar-refractivity contribution in [3.63, 3.8) is 0 Å². The molecule has 0 heterocycles. The van der Waals surface area contributed by atoms with Crippen molar-refractivity contribution in [2.75, 3.05) is 13.7 Å². The summed E-state index contributed by atoms with van der Waals surface area (Å²) < 4.78 is 33.5. The molecule has 0 radical (unpaired) electrons. The number of ether oxygens (including phenoxy) is 2. The molecule has 0 aromatic heterocycles. The van der Waals surface area contributed by atoms with Crippen LogP contribution >= 0.6 is 15.9 Å². The Morgan fingerprint density at radius 1 is 1.15 bits per heavy atom. The summed E-state index contributed by atoms with van der Waals surface area (Å²) in [5.74, 6) is -0.662. The number of hydrogen-bond donors (Lipinski definition) is 1. The number of benzene rings is 2. The van der Waals surface area contributed by atoms with Crippen molar-refractivity contribution < 1.29 is 27.5 Å². The van der Waals surface area contributed by atoms with Gasteiger partial charge in [0, 0.05) is 5.56 Å². The highest BCUT2D eigenvalue weighted by molar-refractivity contribution is 9.10. The van der Waals surface area contributed by atoms with Crippen LogP contribution in [0, 0.1) is 6.92 Å². The maximum absolute atomic E-state index is 12.2. The molecular formula is C17H16BrNO6S. The van der Waals surface area contributed by atoms with Crippen molar-refractivity contribution in [3.8, 4) is 5.75 Å². The third kappa shape index (κ3) is 4.69. The van der Waals surface area contributed by atoms with Gasteiger partial charge in [0.25, 0.3) is 0 Å². The van der Waals surface area contributed by atoms with Crippen molar-refractivity contribution in [2.45, 2.75) is 11.8 Å². The molecule has 26 heavy (non-hydrogen) atoms. The number of methoxy groups -OCH3 is 1. The fraction of sp³-hybridized carbons (Fsp3) is 0.176. The van der Waals surface area contributed by atoms with Crippen molar-refractivity contribution in [2.24, 2.45) is 5.14 Å². The summed E-state index contributed by atoms with van der Waals surface area (Å²) >= 11 is 3.27. The number of carbonyl (C=O) groups excluding carboxylic acids is 2. The Hall–Kier alpha value is -2.23. The number of Topliss-reactive ketones (excluding diaryl/α,β-unsaturated/α-hetero) is 1. The number of carbonyl (C=O) groups is 2. The number of sulfonamides is 1. The summed E-state index contributed by atoms with van der Waals surface area (Å²) in [5, 5.41) is 5.06. The van der Waals surface area contributed by atoms with Gasteiger partial charge in [-0.2, -0.15) is 0 Å². The molecule has 9 heteroatoms. The number of esters is 1. The van der Waals surface area contributed by atoms with Crippen LogP contribution in [0.25, 0.3) is 0 Å². The van der Waals surface area contributed by atoms with Crippen LogP contribution in [-0.2, 0) is 14.8 Å². The van der Waals surface area contributed by atoms with E-state index in [0.717, 1.165) is 6.07 Å². The third-order valence-corrected chi connectivity index (χ3v) is 5.10. The van der Waals surface area contributed by atoms with Crippen LogP contribution in [0.15, 0.2) is 45.8 Å². The average Bonchev–Trinajstić information content (AvgIpc) is 2.58. The van der Waals surface area contributed by atoms with Gasteiger partial charge in [-0.1, -0.05) is 6.07 Å². The number of halogens is 1. The van der Waals surface area contributed by atoms with Crippen molar-refractivity contribution in [1.29, 1.82) is 0 Å². The van der Waals surface area contributed by atoms with Gasteiger partial charge in [-0.05, 0) is 58.7 Å². The molecule has 0 aliphatic carbocycles. The predicted molar refractivity (Wildman–Crippen MR) is 97.9 cm³/mol. The lowest BCUT2D eigenvalue weighted by atomic mass is 10.1. The van der Waals surface area contributed by atoms with E-state index >= 15 is 0 Å². The molecule has 0 amide bonds. The first-order chi connectivity index (χ1) is 12.1. The fourth-order valence-electron chi connectivity index (χ4n) is 2.13. The van der Waals surface area contributed by atoms with Crippen LogP contribution in [-0.4, -0.2) is 33.9 Å².